The van der Waals surface area contributed by atoms with Crippen molar-refractivity contribution < 1.29 is 9.84 Å². The number of aromatic nitrogens is 2. The molecule has 5 heteroatoms. The SMILES string of the molecule is Cc1nc(-c2ccccc2)n(COCCS(C)(C)C)c1-c1cccc(CO)c1. The molecule has 0 saturated carbocycles. The highest BCUT2D eigenvalue weighted by Gasteiger charge is 2.18. The Kier molecular flexibility index (Phi) is 6.60. The lowest BCUT2D eigenvalue weighted by atomic mass is 10.1. The maximum absolute atomic E-state index is 9.54. The first-order valence-corrected chi connectivity index (χ1v) is 12.5. The number of imidazole rings is 1. The zero-order chi connectivity index (χ0) is 20.1. The number of ether oxygens (including phenoxy) is 1. The summed E-state index contributed by atoms with van der Waals surface area (Å²) in [7, 11) is -0.585. The van der Waals surface area contributed by atoms with E-state index >= 15 is 0 Å². The van der Waals surface area contributed by atoms with Gasteiger partial charge in [-0.2, -0.15) is 0 Å². The Bertz CT molecular complexity index is 914. The largest absolute Gasteiger partial charge is 0.392 e. The molecule has 1 aromatic heterocycles. The zero-order valence-electron chi connectivity index (χ0n) is 17.2. The molecule has 3 aromatic rings. The van der Waals surface area contributed by atoms with Crippen LogP contribution in [0.15, 0.2) is 54.6 Å². The number of hydrogen-bond donors (Lipinski definition) is 1. The van der Waals surface area contributed by atoms with Crippen LogP contribution in [0.3, 0.4) is 0 Å². The van der Waals surface area contributed by atoms with Crippen molar-refractivity contribution in [3.05, 3.63) is 65.9 Å². The molecule has 0 aliphatic carbocycles. The second-order valence-corrected chi connectivity index (χ2v) is 12.4. The van der Waals surface area contributed by atoms with Crippen LogP contribution >= 0.6 is 10.0 Å². The molecule has 0 spiro atoms. The van der Waals surface area contributed by atoms with Crippen LogP contribution in [-0.4, -0.2) is 45.8 Å². The molecule has 0 aliphatic rings. The van der Waals surface area contributed by atoms with Crippen LogP contribution in [0.25, 0.3) is 22.6 Å². The summed E-state index contributed by atoms with van der Waals surface area (Å²) in [6.45, 7) is 3.25. The topological polar surface area (TPSA) is 47.3 Å². The third kappa shape index (κ3) is 5.04. The Balaban J connectivity index is 1.99. The number of aliphatic hydroxyl groups excluding tert-OH is 1. The van der Waals surface area contributed by atoms with Gasteiger partial charge in [0.1, 0.15) is 12.6 Å². The molecule has 0 amide bonds. The van der Waals surface area contributed by atoms with Crippen molar-refractivity contribution in [2.45, 2.75) is 20.3 Å². The van der Waals surface area contributed by atoms with Crippen molar-refractivity contribution in [3.63, 3.8) is 0 Å². The van der Waals surface area contributed by atoms with Crippen LogP contribution in [0, 0.1) is 6.92 Å². The van der Waals surface area contributed by atoms with Gasteiger partial charge in [0.2, 0.25) is 0 Å². The van der Waals surface area contributed by atoms with E-state index in [1.807, 2.05) is 43.3 Å². The van der Waals surface area contributed by atoms with Crippen molar-refractivity contribution in [2.75, 3.05) is 31.1 Å². The summed E-state index contributed by atoms with van der Waals surface area (Å²) in [5, 5.41) is 9.54. The van der Waals surface area contributed by atoms with E-state index < -0.39 is 10.0 Å². The number of rotatable bonds is 8. The maximum Gasteiger partial charge on any atom is 0.142 e. The highest BCUT2D eigenvalue weighted by atomic mass is 32.3. The monoisotopic (exact) mass is 398 g/mol. The highest BCUT2D eigenvalue weighted by Crippen LogP contribution is 2.34. The molecule has 4 nitrogen and oxygen atoms in total. The normalized spacial score (nSPS) is 12.3. The first-order chi connectivity index (χ1) is 13.4. The minimum Gasteiger partial charge on any atom is -0.392 e. The van der Waals surface area contributed by atoms with Gasteiger partial charge >= 0.3 is 0 Å². The van der Waals surface area contributed by atoms with E-state index in [1.165, 1.54) is 0 Å². The van der Waals surface area contributed by atoms with Crippen LogP contribution in [0.5, 0.6) is 0 Å². The van der Waals surface area contributed by atoms with Gasteiger partial charge < -0.3 is 9.84 Å². The quantitative estimate of drug-likeness (QED) is 0.560. The molecule has 0 aliphatic heterocycles. The van der Waals surface area contributed by atoms with Gasteiger partial charge in [0, 0.05) is 16.9 Å². The molecule has 1 heterocycles. The lowest BCUT2D eigenvalue weighted by Crippen LogP contribution is -2.11. The molecule has 3 rings (SSSR count). The van der Waals surface area contributed by atoms with Crippen molar-refractivity contribution in [1.82, 2.24) is 9.55 Å². The number of aliphatic hydroxyl groups is 1. The third-order valence-electron chi connectivity index (χ3n) is 4.62. The summed E-state index contributed by atoms with van der Waals surface area (Å²) in [6, 6.07) is 18.2. The zero-order valence-corrected chi connectivity index (χ0v) is 18.0. The van der Waals surface area contributed by atoms with Crippen molar-refractivity contribution in [2.24, 2.45) is 0 Å². The minimum atomic E-state index is -0.585. The van der Waals surface area contributed by atoms with Gasteiger partial charge in [-0.3, -0.25) is 4.57 Å². The fourth-order valence-electron chi connectivity index (χ4n) is 3.15. The van der Waals surface area contributed by atoms with Crippen LogP contribution in [0.2, 0.25) is 0 Å². The second-order valence-electron chi connectivity index (χ2n) is 7.85. The molecule has 0 saturated heterocycles. The summed E-state index contributed by atoms with van der Waals surface area (Å²) in [4.78, 5) is 4.87. The molecule has 0 radical (unpaired) electrons. The van der Waals surface area contributed by atoms with Gasteiger partial charge in [0.25, 0.3) is 0 Å². The minimum absolute atomic E-state index is 0.0252. The predicted molar refractivity (Wildman–Crippen MR) is 120 cm³/mol. The van der Waals surface area contributed by atoms with Crippen LogP contribution in [-0.2, 0) is 18.1 Å². The van der Waals surface area contributed by atoms with E-state index in [2.05, 4.69) is 41.5 Å². The molecule has 0 atom stereocenters. The summed E-state index contributed by atoms with van der Waals surface area (Å²) in [5.41, 5.74) is 5.00. The van der Waals surface area contributed by atoms with Gasteiger partial charge in [0.15, 0.2) is 0 Å². The average molecular weight is 399 g/mol. The van der Waals surface area contributed by atoms with E-state index in [4.69, 9.17) is 9.72 Å². The van der Waals surface area contributed by atoms with Crippen molar-refractivity contribution in [1.29, 1.82) is 0 Å². The van der Waals surface area contributed by atoms with Crippen LogP contribution < -0.4 is 0 Å². The van der Waals surface area contributed by atoms with Crippen molar-refractivity contribution >= 4 is 10.0 Å². The molecule has 0 bridgehead atoms. The van der Waals surface area contributed by atoms with E-state index in [-0.39, 0.29) is 6.61 Å². The fraction of sp³-hybridized carbons (Fsp3) is 0.348. The Morgan fingerprint density at radius 2 is 1.71 bits per heavy atom. The number of hydrogen-bond acceptors (Lipinski definition) is 3. The van der Waals surface area contributed by atoms with E-state index in [9.17, 15) is 5.11 Å². The molecule has 1 N–H and O–H groups in total. The first kappa shape index (κ1) is 20.6. The van der Waals surface area contributed by atoms with Gasteiger partial charge in [-0.1, -0.05) is 48.5 Å². The predicted octanol–water partition coefficient (Wildman–Crippen LogP) is 4.69. The Labute approximate surface area is 169 Å². The highest BCUT2D eigenvalue weighted by molar-refractivity contribution is 8.32. The van der Waals surface area contributed by atoms with Gasteiger partial charge in [-0.25, -0.2) is 15.0 Å². The van der Waals surface area contributed by atoms with Gasteiger partial charge in [0.05, 0.1) is 24.6 Å². The summed E-state index contributed by atoms with van der Waals surface area (Å²) >= 11 is 0. The lowest BCUT2D eigenvalue weighted by Gasteiger charge is -2.25. The molecule has 28 heavy (non-hydrogen) atoms. The smallest absolute Gasteiger partial charge is 0.142 e. The Morgan fingerprint density at radius 3 is 2.39 bits per heavy atom. The molecule has 2 aromatic carbocycles. The van der Waals surface area contributed by atoms with E-state index in [0.717, 1.165) is 46.3 Å². The summed E-state index contributed by atoms with van der Waals surface area (Å²) < 4.78 is 8.24. The van der Waals surface area contributed by atoms with Gasteiger partial charge in [-0.05, 0) is 37.3 Å². The number of aryl methyl sites for hydroxylation is 1. The van der Waals surface area contributed by atoms with Gasteiger partial charge in [-0.15, -0.1) is 0 Å². The van der Waals surface area contributed by atoms with E-state index in [1.54, 1.807) is 0 Å². The Morgan fingerprint density at radius 1 is 1.00 bits per heavy atom. The van der Waals surface area contributed by atoms with Crippen molar-refractivity contribution in [3.8, 4) is 22.6 Å². The summed E-state index contributed by atoms with van der Waals surface area (Å²) in [6.07, 6.45) is 6.91. The third-order valence-corrected chi connectivity index (χ3v) is 6.01. The number of benzene rings is 2. The summed E-state index contributed by atoms with van der Waals surface area (Å²) in [5.74, 6) is 1.99. The molecule has 0 fully saturated rings. The molecule has 150 valence electrons. The molecular weight excluding hydrogens is 368 g/mol. The molecule has 0 unspecified atom stereocenters. The van der Waals surface area contributed by atoms with E-state index in [0.29, 0.717) is 6.73 Å². The fourth-order valence-corrected chi connectivity index (χ4v) is 3.77. The van der Waals surface area contributed by atoms with Crippen LogP contribution in [0.1, 0.15) is 11.3 Å². The first-order valence-electron chi connectivity index (χ1n) is 9.45. The molecular formula is C23H30N2O2S. The number of nitrogens with zero attached hydrogens (tertiary/aromatic N) is 2. The Hall–Kier alpha value is -2.08. The van der Waals surface area contributed by atoms with Crippen LogP contribution in [0.4, 0.5) is 0 Å². The second kappa shape index (κ2) is 8.95. The maximum atomic E-state index is 9.54. The average Bonchev–Trinajstić information content (AvgIpc) is 3.01. The standard InChI is InChI=1S/C23H30N2O2S/c1-18-22(21-12-8-9-19(15-21)16-26)25(17-27-13-14-28(2,3)4)23(24-18)20-10-6-5-7-11-20/h5-12,15,26H,13-14,16-17H2,1-4H3. The lowest BCUT2D eigenvalue weighted by molar-refractivity contribution is 0.0917.